The molecule has 0 saturated heterocycles. The second kappa shape index (κ2) is 6.37. The largest absolute Gasteiger partial charge is 0.393 e. The van der Waals surface area contributed by atoms with Crippen LogP contribution in [0.2, 0.25) is 5.02 Å². The number of halogens is 3. The number of nitrogens with one attached hydrogen (secondary N) is 2. The van der Waals surface area contributed by atoms with E-state index in [-0.39, 0.29) is 17.2 Å². The van der Waals surface area contributed by atoms with Gasteiger partial charge in [-0.05, 0) is 37.8 Å². The average molecular weight is 305 g/mol. The molecule has 0 spiro atoms. The molecule has 3 N–H and O–H groups in total. The van der Waals surface area contributed by atoms with Crippen molar-refractivity contribution in [2.75, 3.05) is 5.32 Å². The molecule has 20 heavy (non-hydrogen) atoms. The molecule has 0 aliphatic heterocycles. The van der Waals surface area contributed by atoms with Gasteiger partial charge in [0, 0.05) is 11.1 Å². The Morgan fingerprint density at radius 3 is 2.30 bits per heavy atom. The molecular weight excluding hydrogens is 290 g/mol. The first-order chi connectivity index (χ1) is 9.45. The van der Waals surface area contributed by atoms with Crippen molar-refractivity contribution in [3.63, 3.8) is 0 Å². The minimum absolute atomic E-state index is 0.0766. The number of hydrogen-bond donors (Lipinski definition) is 3. The van der Waals surface area contributed by atoms with Crippen molar-refractivity contribution in [2.24, 2.45) is 0 Å². The van der Waals surface area contributed by atoms with E-state index in [1.54, 1.807) is 0 Å². The summed E-state index contributed by atoms with van der Waals surface area (Å²) in [4.78, 5) is 11.7. The topological polar surface area (TPSA) is 61.4 Å². The van der Waals surface area contributed by atoms with Crippen molar-refractivity contribution in [2.45, 2.75) is 37.8 Å². The standard InChI is InChI=1S/C13H15ClF2N2O2/c14-7-5-10(15)12(11(16)6-7)18-13(20)17-8-1-3-9(19)4-2-8/h5-6,8-9,19H,1-4H2,(H2,17,18,20). The number of carbonyl (C=O) groups excluding carboxylic acids is 1. The summed E-state index contributed by atoms with van der Waals surface area (Å²) < 4.78 is 27.0. The van der Waals surface area contributed by atoms with Gasteiger partial charge in [-0.2, -0.15) is 0 Å². The van der Waals surface area contributed by atoms with E-state index >= 15 is 0 Å². The van der Waals surface area contributed by atoms with Crippen LogP contribution in [0.5, 0.6) is 0 Å². The molecule has 1 aromatic rings. The normalized spacial score (nSPS) is 22.4. The molecule has 1 aliphatic carbocycles. The van der Waals surface area contributed by atoms with Crippen LogP contribution in [0.3, 0.4) is 0 Å². The van der Waals surface area contributed by atoms with E-state index in [0.717, 1.165) is 12.1 Å². The third kappa shape index (κ3) is 3.80. The number of urea groups is 1. The first-order valence-corrected chi connectivity index (χ1v) is 6.73. The molecule has 4 nitrogen and oxygen atoms in total. The first kappa shape index (κ1) is 15.0. The van der Waals surface area contributed by atoms with E-state index in [4.69, 9.17) is 11.6 Å². The number of hydrogen-bond acceptors (Lipinski definition) is 2. The molecule has 0 atom stereocenters. The molecule has 0 bridgehead atoms. The molecule has 1 fully saturated rings. The van der Waals surface area contributed by atoms with Gasteiger partial charge in [-0.25, -0.2) is 13.6 Å². The second-order valence-electron chi connectivity index (χ2n) is 4.85. The average Bonchev–Trinajstić information content (AvgIpc) is 2.36. The van der Waals surface area contributed by atoms with Crippen molar-refractivity contribution in [3.8, 4) is 0 Å². The summed E-state index contributed by atoms with van der Waals surface area (Å²) in [5.41, 5.74) is -0.525. The van der Waals surface area contributed by atoms with Crippen LogP contribution in [0.4, 0.5) is 19.3 Å². The quantitative estimate of drug-likeness (QED) is 0.786. The highest BCUT2D eigenvalue weighted by atomic mass is 35.5. The zero-order valence-corrected chi connectivity index (χ0v) is 11.4. The molecule has 0 heterocycles. The number of anilines is 1. The molecular formula is C13H15ClF2N2O2. The summed E-state index contributed by atoms with van der Waals surface area (Å²) in [6.45, 7) is 0. The summed E-state index contributed by atoms with van der Waals surface area (Å²) in [7, 11) is 0. The number of aliphatic hydroxyl groups excluding tert-OH is 1. The van der Waals surface area contributed by atoms with Crippen molar-refractivity contribution in [1.82, 2.24) is 5.32 Å². The molecule has 110 valence electrons. The third-order valence-electron chi connectivity index (χ3n) is 3.28. The highest BCUT2D eigenvalue weighted by Crippen LogP contribution is 2.23. The Labute approximate surface area is 120 Å². The molecule has 1 saturated carbocycles. The van der Waals surface area contributed by atoms with Gasteiger partial charge < -0.3 is 15.7 Å². The van der Waals surface area contributed by atoms with Gasteiger partial charge in [0.05, 0.1) is 6.10 Å². The fraction of sp³-hybridized carbons (Fsp3) is 0.462. The van der Waals surface area contributed by atoms with Gasteiger partial charge in [0.1, 0.15) is 5.69 Å². The monoisotopic (exact) mass is 304 g/mol. The van der Waals surface area contributed by atoms with Crippen LogP contribution in [0.25, 0.3) is 0 Å². The fourth-order valence-corrected chi connectivity index (χ4v) is 2.41. The van der Waals surface area contributed by atoms with Gasteiger partial charge >= 0.3 is 6.03 Å². The van der Waals surface area contributed by atoms with Gasteiger partial charge in [0.15, 0.2) is 11.6 Å². The Hall–Kier alpha value is -1.40. The summed E-state index contributed by atoms with van der Waals surface area (Å²) in [5, 5.41) is 14.1. The van der Waals surface area contributed by atoms with Gasteiger partial charge in [-0.1, -0.05) is 11.6 Å². The zero-order valence-electron chi connectivity index (χ0n) is 10.6. The van der Waals surface area contributed by atoms with E-state index < -0.39 is 23.4 Å². The summed E-state index contributed by atoms with van der Waals surface area (Å²) in [5.74, 6) is -1.85. The van der Waals surface area contributed by atoms with E-state index in [9.17, 15) is 18.7 Å². The number of carbonyl (C=O) groups is 1. The van der Waals surface area contributed by atoms with Crippen LogP contribution in [0.1, 0.15) is 25.7 Å². The van der Waals surface area contributed by atoms with Crippen LogP contribution in [-0.2, 0) is 0 Å². The molecule has 0 unspecified atom stereocenters. The molecule has 0 radical (unpaired) electrons. The Bertz CT molecular complexity index is 482. The molecule has 1 aliphatic rings. The Kier molecular flexibility index (Phi) is 4.77. The van der Waals surface area contributed by atoms with Crippen LogP contribution in [-0.4, -0.2) is 23.3 Å². The van der Waals surface area contributed by atoms with Crippen LogP contribution in [0, 0.1) is 11.6 Å². The lowest BCUT2D eigenvalue weighted by molar-refractivity contribution is 0.118. The molecule has 2 amide bonds. The van der Waals surface area contributed by atoms with E-state index in [2.05, 4.69) is 10.6 Å². The minimum Gasteiger partial charge on any atom is -0.393 e. The lowest BCUT2D eigenvalue weighted by Gasteiger charge is -2.26. The van der Waals surface area contributed by atoms with Crippen molar-refractivity contribution >= 4 is 23.3 Å². The van der Waals surface area contributed by atoms with Gasteiger partial charge in [0.25, 0.3) is 0 Å². The molecule has 7 heteroatoms. The van der Waals surface area contributed by atoms with Gasteiger partial charge in [0.2, 0.25) is 0 Å². The highest BCUT2D eigenvalue weighted by Gasteiger charge is 2.21. The van der Waals surface area contributed by atoms with E-state index in [0.29, 0.717) is 25.7 Å². The lowest BCUT2D eigenvalue weighted by Crippen LogP contribution is -2.41. The smallest absolute Gasteiger partial charge is 0.319 e. The van der Waals surface area contributed by atoms with Crippen LogP contribution >= 0.6 is 11.6 Å². The second-order valence-corrected chi connectivity index (χ2v) is 5.28. The van der Waals surface area contributed by atoms with Crippen molar-refractivity contribution in [3.05, 3.63) is 28.8 Å². The molecule has 2 rings (SSSR count). The molecule has 0 aromatic heterocycles. The summed E-state index contributed by atoms with van der Waals surface area (Å²) in [6, 6.07) is 1.08. The predicted octanol–water partition coefficient (Wildman–Crippen LogP) is 3.04. The highest BCUT2D eigenvalue weighted by molar-refractivity contribution is 6.30. The predicted molar refractivity (Wildman–Crippen MR) is 71.8 cm³/mol. The van der Waals surface area contributed by atoms with E-state index in [1.165, 1.54) is 0 Å². The Morgan fingerprint density at radius 1 is 1.20 bits per heavy atom. The van der Waals surface area contributed by atoms with Crippen molar-refractivity contribution < 1.29 is 18.7 Å². The lowest BCUT2D eigenvalue weighted by atomic mass is 9.93. The first-order valence-electron chi connectivity index (χ1n) is 6.36. The SMILES string of the molecule is O=C(Nc1c(F)cc(Cl)cc1F)NC1CCC(O)CC1. The Morgan fingerprint density at radius 2 is 1.75 bits per heavy atom. The van der Waals surface area contributed by atoms with Crippen LogP contribution in [0.15, 0.2) is 12.1 Å². The Balaban J connectivity index is 1.95. The number of benzene rings is 1. The minimum atomic E-state index is -0.927. The van der Waals surface area contributed by atoms with E-state index in [1.807, 2.05) is 0 Å². The summed E-state index contributed by atoms with van der Waals surface area (Å²) >= 11 is 5.50. The maximum atomic E-state index is 13.5. The maximum Gasteiger partial charge on any atom is 0.319 e. The zero-order chi connectivity index (χ0) is 14.7. The van der Waals surface area contributed by atoms with Gasteiger partial charge in [-0.3, -0.25) is 0 Å². The van der Waals surface area contributed by atoms with Crippen LogP contribution < -0.4 is 10.6 Å². The number of aliphatic hydroxyl groups is 1. The summed E-state index contributed by atoms with van der Waals surface area (Å²) in [6.07, 6.45) is 2.16. The van der Waals surface area contributed by atoms with Gasteiger partial charge in [-0.15, -0.1) is 0 Å². The number of amides is 2. The molecule has 1 aromatic carbocycles. The third-order valence-corrected chi connectivity index (χ3v) is 3.50. The van der Waals surface area contributed by atoms with Crippen molar-refractivity contribution in [1.29, 1.82) is 0 Å². The maximum absolute atomic E-state index is 13.5. The number of rotatable bonds is 2. The fourth-order valence-electron chi connectivity index (χ4n) is 2.22.